The van der Waals surface area contributed by atoms with Crippen LogP contribution in [0.5, 0.6) is 5.88 Å². The molecular weight excluding hydrogens is 277 g/mol. The topological polar surface area (TPSA) is 47.9 Å². The van der Waals surface area contributed by atoms with Crippen molar-refractivity contribution in [1.29, 1.82) is 0 Å². The van der Waals surface area contributed by atoms with E-state index in [1.54, 1.807) is 0 Å². The SMILES string of the molecule is FC(F)C(F)(F)COc1nc(Cl)nnc1Cl. The second kappa shape index (κ2) is 4.96. The average molecular weight is 280 g/mol. The van der Waals surface area contributed by atoms with E-state index in [0.717, 1.165) is 0 Å². The molecule has 4 nitrogen and oxygen atoms in total. The van der Waals surface area contributed by atoms with E-state index in [-0.39, 0.29) is 0 Å². The van der Waals surface area contributed by atoms with Crippen LogP contribution in [0.25, 0.3) is 0 Å². The third kappa shape index (κ3) is 3.31. The molecule has 1 heterocycles. The van der Waals surface area contributed by atoms with Crippen molar-refractivity contribution in [2.75, 3.05) is 6.61 Å². The van der Waals surface area contributed by atoms with Crippen molar-refractivity contribution >= 4 is 23.2 Å². The molecule has 0 aliphatic carbocycles. The molecule has 90 valence electrons. The minimum absolute atomic E-state index is 0.403. The van der Waals surface area contributed by atoms with E-state index in [1.165, 1.54) is 0 Å². The molecule has 0 fully saturated rings. The third-order valence-corrected chi connectivity index (χ3v) is 1.71. The second-order valence-corrected chi connectivity index (χ2v) is 3.22. The number of nitrogens with zero attached hydrogens (tertiary/aromatic N) is 3. The molecule has 1 rings (SSSR count). The number of alkyl halides is 4. The van der Waals surface area contributed by atoms with Crippen molar-refractivity contribution in [1.82, 2.24) is 15.2 Å². The van der Waals surface area contributed by atoms with Crippen molar-refractivity contribution < 1.29 is 22.3 Å². The van der Waals surface area contributed by atoms with E-state index in [9.17, 15) is 17.6 Å². The van der Waals surface area contributed by atoms with Crippen LogP contribution < -0.4 is 4.74 Å². The Labute approximate surface area is 96.5 Å². The van der Waals surface area contributed by atoms with Crippen LogP contribution in [0.4, 0.5) is 17.6 Å². The van der Waals surface area contributed by atoms with Crippen LogP contribution in [0.15, 0.2) is 0 Å². The van der Waals surface area contributed by atoms with Gasteiger partial charge in [0.05, 0.1) is 0 Å². The van der Waals surface area contributed by atoms with E-state index in [1.807, 2.05) is 0 Å². The fourth-order valence-electron chi connectivity index (χ4n) is 0.600. The molecule has 1 aromatic rings. The first-order chi connectivity index (χ1) is 7.33. The summed E-state index contributed by atoms with van der Waals surface area (Å²) in [7, 11) is 0. The van der Waals surface area contributed by atoms with Gasteiger partial charge in [-0.15, -0.1) is 10.2 Å². The van der Waals surface area contributed by atoms with E-state index in [2.05, 4.69) is 19.9 Å². The first-order valence-electron chi connectivity index (χ1n) is 3.67. The fourth-order valence-corrected chi connectivity index (χ4v) is 0.849. The molecule has 0 atom stereocenters. The molecule has 0 N–H and O–H groups in total. The lowest BCUT2D eigenvalue weighted by atomic mass is 10.4. The fraction of sp³-hybridized carbons (Fsp3) is 0.500. The molecule has 0 unspecified atom stereocenters. The summed E-state index contributed by atoms with van der Waals surface area (Å²) in [6.45, 7) is -1.58. The molecule has 0 spiro atoms. The van der Waals surface area contributed by atoms with E-state index in [4.69, 9.17) is 23.2 Å². The van der Waals surface area contributed by atoms with E-state index in [0.29, 0.717) is 0 Å². The largest absolute Gasteiger partial charge is 0.469 e. The summed E-state index contributed by atoms with van der Waals surface area (Å²) >= 11 is 10.6. The van der Waals surface area contributed by atoms with Crippen molar-refractivity contribution in [3.63, 3.8) is 0 Å². The summed E-state index contributed by atoms with van der Waals surface area (Å²) in [6, 6.07) is 0. The first kappa shape index (κ1) is 13.2. The predicted octanol–water partition coefficient (Wildman–Crippen LogP) is 2.46. The molecule has 0 bridgehead atoms. The van der Waals surface area contributed by atoms with Gasteiger partial charge in [-0.1, -0.05) is 11.6 Å². The van der Waals surface area contributed by atoms with E-state index < -0.39 is 35.3 Å². The number of rotatable bonds is 4. The Bertz CT molecular complexity index is 379. The third-order valence-electron chi connectivity index (χ3n) is 1.31. The van der Waals surface area contributed by atoms with Crippen LogP contribution in [-0.4, -0.2) is 34.1 Å². The highest BCUT2D eigenvalue weighted by Gasteiger charge is 2.42. The Morgan fingerprint density at radius 3 is 2.44 bits per heavy atom. The monoisotopic (exact) mass is 279 g/mol. The van der Waals surface area contributed by atoms with E-state index >= 15 is 0 Å². The Kier molecular flexibility index (Phi) is 4.09. The first-order valence-corrected chi connectivity index (χ1v) is 4.43. The molecule has 0 aliphatic rings. The zero-order valence-electron chi connectivity index (χ0n) is 7.30. The van der Waals surface area contributed by atoms with Crippen LogP contribution in [-0.2, 0) is 0 Å². The number of aromatic nitrogens is 3. The Morgan fingerprint density at radius 2 is 1.88 bits per heavy atom. The lowest BCUT2D eigenvalue weighted by molar-refractivity contribution is -0.148. The standard InChI is InChI=1S/C6H3Cl2F4N3O/c7-2-3(13-5(8)15-14-2)16-1-6(11,12)4(9)10/h4H,1H2. The van der Waals surface area contributed by atoms with Gasteiger partial charge in [0, 0.05) is 0 Å². The summed E-state index contributed by atoms with van der Waals surface area (Å²) in [5, 5.41) is 5.51. The van der Waals surface area contributed by atoms with Gasteiger partial charge in [-0.25, -0.2) is 8.78 Å². The number of hydrogen-bond donors (Lipinski definition) is 0. The van der Waals surface area contributed by atoms with Crippen molar-refractivity contribution in [3.8, 4) is 5.88 Å². The number of ether oxygens (including phenoxy) is 1. The predicted molar refractivity (Wildman–Crippen MR) is 46.3 cm³/mol. The van der Waals surface area contributed by atoms with Crippen molar-refractivity contribution in [2.45, 2.75) is 12.3 Å². The van der Waals surface area contributed by atoms with Gasteiger partial charge in [-0.2, -0.15) is 13.8 Å². The molecule has 16 heavy (non-hydrogen) atoms. The molecule has 0 radical (unpaired) electrons. The highest BCUT2D eigenvalue weighted by Crippen LogP contribution is 2.26. The van der Waals surface area contributed by atoms with Gasteiger partial charge in [0.1, 0.15) is 0 Å². The van der Waals surface area contributed by atoms with Crippen molar-refractivity contribution in [3.05, 3.63) is 10.4 Å². The van der Waals surface area contributed by atoms with Gasteiger partial charge >= 0.3 is 12.3 Å². The van der Waals surface area contributed by atoms with Gasteiger partial charge < -0.3 is 4.74 Å². The molecule has 0 saturated carbocycles. The molecule has 0 aromatic carbocycles. The lowest BCUT2D eigenvalue weighted by Gasteiger charge is -2.15. The highest BCUT2D eigenvalue weighted by atomic mass is 35.5. The highest BCUT2D eigenvalue weighted by molar-refractivity contribution is 6.31. The quantitative estimate of drug-likeness (QED) is 0.795. The summed E-state index contributed by atoms with van der Waals surface area (Å²) in [5.41, 5.74) is 0. The van der Waals surface area contributed by atoms with Gasteiger partial charge in [0.15, 0.2) is 6.61 Å². The average Bonchev–Trinajstić information content (AvgIpc) is 2.19. The summed E-state index contributed by atoms with van der Waals surface area (Å²) in [6.07, 6.45) is -3.85. The lowest BCUT2D eigenvalue weighted by Crippen LogP contribution is -2.34. The maximum atomic E-state index is 12.4. The Balaban J connectivity index is 2.71. The van der Waals surface area contributed by atoms with Crippen LogP contribution in [0, 0.1) is 0 Å². The number of hydrogen-bond acceptors (Lipinski definition) is 4. The summed E-state index contributed by atoms with van der Waals surface area (Å²) in [4.78, 5) is 3.29. The molecular formula is C6H3Cl2F4N3O. The molecule has 0 saturated heterocycles. The number of halogens is 6. The van der Waals surface area contributed by atoms with Gasteiger partial charge in [-0.05, 0) is 11.6 Å². The van der Waals surface area contributed by atoms with Gasteiger partial charge in [-0.3, -0.25) is 0 Å². The van der Waals surface area contributed by atoms with Gasteiger partial charge in [0.2, 0.25) is 10.4 Å². The van der Waals surface area contributed by atoms with Gasteiger partial charge in [0.25, 0.3) is 5.88 Å². The maximum Gasteiger partial charge on any atom is 0.340 e. The van der Waals surface area contributed by atoms with Crippen LogP contribution in [0.2, 0.25) is 10.4 Å². The minimum atomic E-state index is -4.30. The zero-order valence-corrected chi connectivity index (χ0v) is 8.81. The zero-order chi connectivity index (χ0) is 12.3. The normalized spacial score (nSPS) is 11.9. The smallest absolute Gasteiger partial charge is 0.340 e. The molecule has 0 amide bonds. The molecule has 1 aromatic heterocycles. The van der Waals surface area contributed by atoms with Crippen molar-refractivity contribution in [2.24, 2.45) is 0 Å². The Hall–Kier alpha value is -0.890. The minimum Gasteiger partial charge on any atom is -0.469 e. The summed E-state index contributed by atoms with van der Waals surface area (Å²) in [5.74, 6) is -4.89. The second-order valence-electron chi connectivity index (χ2n) is 2.53. The van der Waals surface area contributed by atoms with Crippen LogP contribution in [0.3, 0.4) is 0 Å². The molecule has 0 aliphatic heterocycles. The molecule has 10 heteroatoms. The Morgan fingerprint density at radius 1 is 1.25 bits per heavy atom. The maximum absolute atomic E-state index is 12.4. The van der Waals surface area contributed by atoms with Crippen LogP contribution in [0.1, 0.15) is 0 Å². The van der Waals surface area contributed by atoms with Crippen LogP contribution >= 0.6 is 23.2 Å². The summed E-state index contributed by atoms with van der Waals surface area (Å²) < 4.78 is 52.7.